The fourth-order valence-electron chi connectivity index (χ4n) is 5.20. The predicted octanol–water partition coefficient (Wildman–Crippen LogP) is 4.50. The van der Waals surface area contributed by atoms with E-state index in [9.17, 15) is 18.0 Å². The van der Waals surface area contributed by atoms with Crippen LogP contribution >= 0.6 is 0 Å². The second-order valence-electron chi connectivity index (χ2n) is 10.2. The Morgan fingerprint density at radius 1 is 1.06 bits per heavy atom. The quantitative estimate of drug-likeness (QED) is 0.547. The van der Waals surface area contributed by atoms with E-state index in [2.05, 4.69) is 11.8 Å². The van der Waals surface area contributed by atoms with Crippen molar-refractivity contribution in [2.75, 3.05) is 35.4 Å². The Hall–Kier alpha value is -2.87. The van der Waals surface area contributed by atoms with Crippen molar-refractivity contribution >= 4 is 33.1 Å². The molecular formula is C28H37N3O4S. The normalized spacial score (nSPS) is 16.9. The number of sulfonamides is 1. The average molecular weight is 512 g/mol. The molecule has 2 aromatic rings. The molecule has 0 unspecified atom stereocenters. The maximum absolute atomic E-state index is 13.9. The Balaban J connectivity index is 1.66. The highest BCUT2D eigenvalue weighted by atomic mass is 32.2. The molecule has 2 aliphatic rings. The molecule has 0 saturated carbocycles. The number of hydrogen-bond acceptors (Lipinski definition) is 5. The monoisotopic (exact) mass is 511 g/mol. The lowest BCUT2D eigenvalue weighted by atomic mass is 9.95. The highest BCUT2D eigenvalue weighted by Crippen LogP contribution is 2.35. The van der Waals surface area contributed by atoms with E-state index in [-0.39, 0.29) is 28.5 Å². The van der Waals surface area contributed by atoms with Gasteiger partial charge in [0.05, 0.1) is 10.6 Å². The smallest absolute Gasteiger partial charge is 0.264 e. The molecule has 0 aliphatic carbocycles. The summed E-state index contributed by atoms with van der Waals surface area (Å²) in [5.74, 6) is 0.191. The number of fused-ring (bicyclic) bond motifs is 1. The summed E-state index contributed by atoms with van der Waals surface area (Å²) < 4.78 is 29.2. The van der Waals surface area contributed by atoms with Gasteiger partial charge in [0.15, 0.2) is 5.78 Å². The Morgan fingerprint density at radius 3 is 2.31 bits per heavy atom. The molecule has 1 amide bonds. The molecule has 0 aromatic heterocycles. The number of benzene rings is 2. The lowest BCUT2D eigenvalue weighted by molar-refractivity contribution is -0.129. The largest absolute Gasteiger partial charge is 0.367 e. The van der Waals surface area contributed by atoms with Crippen LogP contribution in [0.5, 0.6) is 0 Å². The van der Waals surface area contributed by atoms with E-state index < -0.39 is 10.0 Å². The van der Waals surface area contributed by atoms with Crippen molar-refractivity contribution in [2.45, 2.75) is 64.3 Å². The van der Waals surface area contributed by atoms with Gasteiger partial charge in [-0.2, -0.15) is 0 Å². The van der Waals surface area contributed by atoms with Gasteiger partial charge < -0.3 is 9.80 Å². The van der Waals surface area contributed by atoms with Crippen molar-refractivity contribution in [1.82, 2.24) is 4.90 Å². The van der Waals surface area contributed by atoms with Gasteiger partial charge in [-0.05, 0) is 61.1 Å². The molecule has 4 rings (SSSR count). The van der Waals surface area contributed by atoms with Crippen molar-refractivity contribution in [3.63, 3.8) is 0 Å². The Kier molecular flexibility index (Phi) is 7.73. The molecule has 0 N–H and O–H groups in total. The first-order valence-corrected chi connectivity index (χ1v) is 14.4. The summed E-state index contributed by atoms with van der Waals surface area (Å²) in [7, 11) is -3.87. The van der Waals surface area contributed by atoms with Crippen LogP contribution < -0.4 is 9.21 Å². The standard InChI is InChI=1S/C28H37N3O4S/c1-5-22-6-8-24(9-7-22)31(19-20(2)3)36(34,35)25-10-11-27-26(18-25)28(33)14-17-30(27)23-12-15-29(16-13-23)21(4)32/h6-11,18,20,23H,5,12-17,19H2,1-4H3. The van der Waals surface area contributed by atoms with Crippen LogP contribution in [-0.4, -0.2) is 57.2 Å². The molecule has 2 aliphatic heterocycles. The van der Waals surface area contributed by atoms with Crippen LogP contribution in [0.3, 0.4) is 0 Å². The van der Waals surface area contributed by atoms with Crippen molar-refractivity contribution in [1.29, 1.82) is 0 Å². The third-order valence-corrected chi connectivity index (χ3v) is 9.05. The van der Waals surface area contributed by atoms with Gasteiger partial charge in [0.2, 0.25) is 5.91 Å². The number of piperidine rings is 1. The van der Waals surface area contributed by atoms with Gasteiger partial charge in [0.1, 0.15) is 0 Å². The molecule has 7 nitrogen and oxygen atoms in total. The zero-order valence-corrected chi connectivity index (χ0v) is 22.6. The van der Waals surface area contributed by atoms with Crippen LogP contribution in [0, 0.1) is 5.92 Å². The van der Waals surface area contributed by atoms with E-state index in [1.807, 2.05) is 43.0 Å². The summed E-state index contributed by atoms with van der Waals surface area (Å²) in [6.45, 7) is 10.0. The van der Waals surface area contributed by atoms with E-state index in [0.29, 0.717) is 43.9 Å². The van der Waals surface area contributed by atoms with Gasteiger partial charge in [-0.3, -0.25) is 13.9 Å². The first-order valence-electron chi connectivity index (χ1n) is 12.9. The molecular weight excluding hydrogens is 474 g/mol. The molecule has 194 valence electrons. The molecule has 0 bridgehead atoms. The molecule has 36 heavy (non-hydrogen) atoms. The number of ketones is 1. The lowest BCUT2D eigenvalue weighted by Gasteiger charge is -2.42. The fraction of sp³-hybridized carbons (Fsp3) is 0.500. The van der Waals surface area contributed by atoms with Gasteiger partial charge in [-0.15, -0.1) is 0 Å². The van der Waals surface area contributed by atoms with Crippen LogP contribution in [0.15, 0.2) is 47.4 Å². The third kappa shape index (κ3) is 5.28. The number of anilines is 2. The summed E-state index contributed by atoms with van der Waals surface area (Å²) >= 11 is 0. The SMILES string of the molecule is CCc1ccc(N(CC(C)C)S(=O)(=O)c2ccc3c(c2)C(=O)CCN3C2CCN(C(C)=O)CC2)cc1. The second kappa shape index (κ2) is 10.6. The summed E-state index contributed by atoms with van der Waals surface area (Å²) in [6, 6.07) is 12.9. The zero-order valence-electron chi connectivity index (χ0n) is 21.7. The Morgan fingerprint density at radius 2 is 1.72 bits per heavy atom. The highest BCUT2D eigenvalue weighted by Gasteiger charge is 2.33. The predicted molar refractivity (Wildman–Crippen MR) is 143 cm³/mol. The lowest BCUT2D eigenvalue weighted by Crippen LogP contribution is -2.48. The summed E-state index contributed by atoms with van der Waals surface area (Å²) in [5, 5.41) is 0. The van der Waals surface area contributed by atoms with Crippen molar-refractivity contribution < 1.29 is 18.0 Å². The number of nitrogens with zero attached hydrogens (tertiary/aromatic N) is 3. The van der Waals surface area contributed by atoms with Gasteiger partial charge in [-0.1, -0.05) is 32.9 Å². The van der Waals surface area contributed by atoms with Gasteiger partial charge in [0, 0.05) is 56.8 Å². The number of likely N-dealkylation sites (tertiary alicyclic amines) is 1. The molecule has 2 aromatic carbocycles. The van der Waals surface area contributed by atoms with Gasteiger partial charge in [0.25, 0.3) is 10.0 Å². The number of hydrogen-bond donors (Lipinski definition) is 0. The minimum absolute atomic E-state index is 0.0258. The van der Waals surface area contributed by atoms with Crippen molar-refractivity contribution in [3.05, 3.63) is 53.6 Å². The molecule has 0 spiro atoms. The highest BCUT2D eigenvalue weighted by molar-refractivity contribution is 7.92. The summed E-state index contributed by atoms with van der Waals surface area (Å²) in [6.07, 6.45) is 2.92. The topological polar surface area (TPSA) is 78.0 Å². The van der Waals surface area contributed by atoms with Crippen LogP contribution in [-0.2, 0) is 21.2 Å². The summed E-state index contributed by atoms with van der Waals surface area (Å²) in [4.78, 5) is 28.9. The second-order valence-corrected chi connectivity index (χ2v) is 12.1. The fourth-order valence-corrected chi connectivity index (χ4v) is 6.85. The van der Waals surface area contributed by atoms with Crippen molar-refractivity contribution in [3.8, 4) is 0 Å². The van der Waals surface area contributed by atoms with Crippen molar-refractivity contribution in [2.24, 2.45) is 5.92 Å². The van der Waals surface area contributed by atoms with E-state index in [1.54, 1.807) is 25.1 Å². The number of Topliss-reactive ketones (excluding diaryl/α,β-unsaturated/α-hetero) is 1. The van der Waals surface area contributed by atoms with Crippen LogP contribution in [0.25, 0.3) is 0 Å². The first-order chi connectivity index (χ1) is 17.1. The number of carbonyl (C=O) groups excluding carboxylic acids is 2. The summed E-state index contributed by atoms with van der Waals surface area (Å²) in [5.41, 5.74) is 3.05. The Labute approximate surface area is 215 Å². The van der Waals surface area contributed by atoms with Crippen LogP contribution in [0.1, 0.15) is 62.9 Å². The zero-order chi connectivity index (χ0) is 26.0. The maximum Gasteiger partial charge on any atom is 0.264 e. The first kappa shape index (κ1) is 26.2. The number of rotatable bonds is 7. The van der Waals surface area contributed by atoms with Crippen LogP contribution in [0.2, 0.25) is 0 Å². The molecule has 0 atom stereocenters. The van der Waals surface area contributed by atoms with E-state index in [0.717, 1.165) is 30.5 Å². The minimum Gasteiger partial charge on any atom is -0.367 e. The number of amides is 1. The Bertz CT molecular complexity index is 1220. The van der Waals surface area contributed by atoms with E-state index in [4.69, 9.17) is 0 Å². The van der Waals surface area contributed by atoms with Gasteiger partial charge >= 0.3 is 0 Å². The molecule has 1 fully saturated rings. The maximum atomic E-state index is 13.9. The number of carbonyl (C=O) groups is 2. The number of aryl methyl sites for hydroxylation is 1. The van der Waals surface area contributed by atoms with E-state index >= 15 is 0 Å². The molecule has 0 radical (unpaired) electrons. The molecule has 2 heterocycles. The molecule has 1 saturated heterocycles. The van der Waals surface area contributed by atoms with Gasteiger partial charge in [-0.25, -0.2) is 8.42 Å². The van der Waals surface area contributed by atoms with E-state index in [1.165, 1.54) is 4.31 Å². The minimum atomic E-state index is -3.87. The third-order valence-electron chi connectivity index (χ3n) is 7.26. The molecule has 8 heteroatoms. The van der Waals surface area contributed by atoms with Crippen LogP contribution in [0.4, 0.5) is 11.4 Å². The average Bonchev–Trinajstić information content (AvgIpc) is 2.87.